The smallest absolute Gasteiger partial charge is 0.262 e. The fourth-order valence-electron chi connectivity index (χ4n) is 2.37. The van der Waals surface area contributed by atoms with Crippen LogP contribution in [0.1, 0.15) is 12.0 Å². The largest absolute Gasteiger partial charge is 0.482 e. The van der Waals surface area contributed by atoms with Crippen molar-refractivity contribution < 1.29 is 14.3 Å². The van der Waals surface area contributed by atoms with E-state index in [2.05, 4.69) is 10.6 Å². The van der Waals surface area contributed by atoms with Gasteiger partial charge in [-0.05, 0) is 36.2 Å². The van der Waals surface area contributed by atoms with Gasteiger partial charge in [0, 0.05) is 12.1 Å². The van der Waals surface area contributed by atoms with Crippen molar-refractivity contribution in [1.82, 2.24) is 0 Å². The summed E-state index contributed by atoms with van der Waals surface area (Å²) in [5.74, 6) is 0.203. The van der Waals surface area contributed by atoms with Crippen molar-refractivity contribution in [1.29, 1.82) is 0 Å². The first kappa shape index (κ1) is 16.6. The number of hydrogen-bond acceptors (Lipinski definition) is 3. The molecule has 0 fully saturated rings. The first-order valence-electron chi connectivity index (χ1n) is 7.32. The molecule has 24 heavy (non-hydrogen) atoms. The number of halogens is 2. The quantitative estimate of drug-likeness (QED) is 0.864. The Balaban J connectivity index is 1.62. The number of aryl methyl sites for hydroxylation is 1. The molecular weight excluding hydrogens is 351 g/mol. The normalized spacial score (nSPS) is 12.8. The van der Waals surface area contributed by atoms with Gasteiger partial charge in [0.1, 0.15) is 5.75 Å². The molecule has 3 rings (SSSR count). The topological polar surface area (TPSA) is 67.4 Å². The van der Waals surface area contributed by atoms with E-state index >= 15 is 0 Å². The molecule has 0 unspecified atom stereocenters. The van der Waals surface area contributed by atoms with Crippen LogP contribution in [0.2, 0.25) is 10.0 Å². The lowest BCUT2D eigenvalue weighted by molar-refractivity contribution is -0.118. The minimum absolute atomic E-state index is 0.000892. The molecule has 1 aliphatic heterocycles. The molecule has 0 saturated heterocycles. The number of carbonyl (C=O) groups excluding carboxylic acids is 2. The van der Waals surface area contributed by atoms with E-state index in [0.29, 0.717) is 33.6 Å². The van der Waals surface area contributed by atoms with Crippen LogP contribution in [-0.4, -0.2) is 18.4 Å². The second-order valence-corrected chi connectivity index (χ2v) is 6.09. The lowest BCUT2D eigenvalue weighted by Crippen LogP contribution is -2.25. The van der Waals surface area contributed by atoms with Gasteiger partial charge in [-0.3, -0.25) is 9.59 Å². The lowest BCUT2D eigenvalue weighted by Gasteiger charge is -2.18. The number of anilines is 2. The molecule has 0 bridgehead atoms. The third kappa shape index (κ3) is 3.80. The average molecular weight is 365 g/mol. The Morgan fingerprint density at radius 1 is 1.25 bits per heavy atom. The number of ether oxygens (including phenoxy) is 1. The number of nitrogens with one attached hydrogen (secondary N) is 2. The van der Waals surface area contributed by atoms with E-state index in [1.54, 1.807) is 30.3 Å². The molecule has 7 heteroatoms. The Labute approximate surface area is 148 Å². The molecule has 0 atom stereocenters. The average Bonchev–Trinajstić information content (AvgIpc) is 2.56. The first-order chi connectivity index (χ1) is 11.5. The fraction of sp³-hybridized carbons (Fsp3) is 0.176. The van der Waals surface area contributed by atoms with Gasteiger partial charge in [0.25, 0.3) is 5.91 Å². The van der Waals surface area contributed by atoms with Gasteiger partial charge in [0.15, 0.2) is 6.61 Å². The van der Waals surface area contributed by atoms with Crippen molar-refractivity contribution in [3.63, 3.8) is 0 Å². The number of carbonyl (C=O) groups is 2. The van der Waals surface area contributed by atoms with E-state index in [1.807, 2.05) is 6.07 Å². The number of hydrogen-bond donors (Lipinski definition) is 2. The highest BCUT2D eigenvalue weighted by molar-refractivity contribution is 6.42. The van der Waals surface area contributed by atoms with Gasteiger partial charge >= 0.3 is 0 Å². The van der Waals surface area contributed by atoms with Crippen LogP contribution in [-0.2, 0) is 16.0 Å². The molecule has 2 amide bonds. The SMILES string of the molecule is O=C(CCc1cccc(Cl)c1Cl)Nc1ccc2c(c1)NC(=O)CO2. The van der Waals surface area contributed by atoms with Crippen molar-refractivity contribution in [2.24, 2.45) is 0 Å². The maximum Gasteiger partial charge on any atom is 0.262 e. The highest BCUT2D eigenvalue weighted by Gasteiger charge is 2.16. The van der Waals surface area contributed by atoms with E-state index in [0.717, 1.165) is 5.56 Å². The molecule has 0 saturated carbocycles. The number of rotatable bonds is 4. The van der Waals surface area contributed by atoms with E-state index in [9.17, 15) is 9.59 Å². The van der Waals surface area contributed by atoms with Crippen LogP contribution in [0, 0.1) is 0 Å². The van der Waals surface area contributed by atoms with Gasteiger partial charge in [-0.2, -0.15) is 0 Å². The van der Waals surface area contributed by atoms with Crippen LogP contribution in [0.4, 0.5) is 11.4 Å². The second-order valence-electron chi connectivity index (χ2n) is 5.31. The van der Waals surface area contributed by atoms with Crippen molar-refractivity contribution in [2.45, 2.75) is 12.8 Å². The summed E-state index contributed by atoms with van der Waals surface area (Å²) in [6.45, 7) is -0.000892. The van der Waals surface area contributed by atoms with Crippen molar-refractivity contribution in [3.05, 3.63) is 52.0 Å². The zero-order valence-electron chi connectivity index (χ0n) is 12.6. The van der Waals surface area contributed by atoms with E-state index in [4.69, 9.17) is 27.9 Å². The fourth-order valence-corrected chi connectivity index (χ4v) is 2.79. The van der Waals surface area contributed by atoms with Crippen LogP contribution < -0.4 is 15.4 Å². The number of amides is 2. The Morgan fingerprint density at radius 2 is 2.08 bits per heavy atom. The Morgan fingerprint density at radius 3 is 2.92 bits per heavy atom. The van der Waals surface area contributed by atoms with Gasteiger partial charge in [-0.15, -0.1) is 0 Å². The Bertz CT molecular complexity index is 808. The minimum Gasteiger partial charge on any atom is -0.482 e. The highest BCUT2D eigenvalue weighted by atomic mass is 35.5. The Hall–Kier alpha value is -2.24. The van der Waals surface area contributed by atoms with Crippen LogP contribution in [0.15, 0.2) is 36.4 Å². The molecule has 5 nitrogen and oxygen atoms in total. The zero-order valence-corrected chi connectivity index (χ0v) is 14.1. The number of benzene rings is 2. The van der Waals surface area contributed by atoms with Crippen molar-refractivity contribution >= 4 is 46.4 Å². The standard InChI is InChI=1S/C17H14Cl2N2O3/c18-12-3-1-2-10(17(12)19)4-7-15(22)20-11-5-6-14-13(8-11)21-16(23)9-24-14/h1-3,5-6,8H,4,7,9H2,(H,20,22)(H,21,23). The second kappa shape index (κ2) is 7.11. The maximum absolute atomic E-state index is 12.1. The maximum atomic E-state index is 12.1. The monoisotopic (exact) mass is 364 g/mol. The van der Waals surface area contributed by atoms with E-state index < -0.39 is 0 Å². The van der Waals surface area contributed by atoms with Crippen LogP contribution in [0.3, 0.4) is 0 Å². The summed E-state index contributed by atoms with van der Waals surface area (Å²) in [6.07, 6.45) is 0.746. The summed E-state index contributed by atoms with van der Waals surface area (Å²) in [5, 5.41) is 6.43. The zero-order chi connectivity index (χ0) is 17.1. The lowest BCUT2D eigenvalue weighted by atomic mass is 10.1. The van der Waals surface area contributed by atoms with Gasteiger partial charge < -0.3 is 15.4 Å². The highest BCUT2D eigenvalue weighted by Crippen LogP contribution is 2.30. The summed E-state index contributed by atoms with van der Waals surface area (Å²) >= 11 is 12.1. The van der Waals surface area contributed by atoms with Gasteiger partial charge in [0.2, 0.25) is 5.91 Å². The summed E-state index contributed by atoms with van der Waals surface area (Å²) in [7, 11) is 0. The van der Waals surface area contributed by atoms with E-state index in [1.165, 1.54) is 0 Å². The molecule has 1 heterocycles. The Kier molecular flexibility index (Phi) is 4.92. The molecule has 0 radical (unpaired) electrons. The third-order valence-electron chi connectivity index (χ3n) is 3.55. The van der Waals surface area contributed by atoms with Crippen LogP contribution in [0.5, 0.6) is 5.75 Å². The third-order valence-corrected chi connectivity index (χ3v) is 4.41. The van der Waals surface area contributed by atoms with Crippen molar-refractivity contribution in [2.75, 3.05) is 17.2 Å². The van der Waals surface area contributed by atoms with Gasteiger partial charge in [-0.25, -0.2) is 0 Å². The predicted octanol–water partition coefficient (Wildman–Crippen LogP) is 3.90. The molecule has 0 spiro atoms. The summed E-state index contributed by atoms with van der Waals surface area (Å²) in [6, 6.07) is 10.4. The van der Waals surface area contributed by atoms with Crippen molar-refractivity contribution in [3.8, 4) is 5.75 Å². The van der Waals surface area contributed by atoms with Crippen LogP contribution in [0.25, 0.3) is 0 Å². The summed E-state index contributed by atoms with van der Waals surface area (Å²) < 4.78 is 5.27. The van der Waals surface area contributed by atoms with E-state index in [-0.39, 0.29) is 24.8 Å². The molecule has 124 valence electrons. The molecular formula is C17H14Cl2N2O3. The molecule has 0 aromatic heterocycles. The van der Waals surface area contributed by atoms with Gasteiger partial charge in [-0.1, -0.05) is 35.3 Å². The molecule has 1 aliphatic rings. The molecule has 2 N–H and O–H groups in total. The predicted molar refractivity (Wildman–Crippen MR) is 94.0 cm³/mol. The minimum atomic E-state index is -0.221. The summed E-state index contributed by atoms with van der Waals surface area (Å²) in [4.78, 5) is 23.4. The van der Waals surface area contributed by atoms with Gasteiger partial charge in [0.05, 0.1) is 15.7 Å². The molecule has 2 aromatic carbocycles. The first-order valence-corrected chi connectivity index (χ1v) is 8.08. The van der Waals surface area contributed by atoms with Crippen LogP contribution >= 0.6 is 23.2 Å². The molecule has 2 aromatic rings. The number of fused-ring (bicyclic) bond motifs is 1. The summed E-state index contributed by atoms with van der Waals surface area (Å²) in [5.41, 5.74) is 1.95. The molecule has 0 aliphatic carbocycles.